The Morgan fingerprint density at radius 1 is 1.21 bits per heavy atom. The van der Waals surface area contributed by atoms with E-state index in [1.54, 1.807) is 34.8 Å². The number of hydrogen-bond acceptors (Lipinski definition) is 4. The van der Waals surface area contributed by atoms with E-state index in [9.17, 15) is 9.18 Å². The number of amides is 1. The van der Waals surface area contributed by atoms with E-state index in [2.05, 4.69) is 10.1 Å². The van der Waals surface area contributed by atoms with E-state index in [1.807, 2.05) is 25.1 Å². The highest BCUT2D eigenvalue weighted by Crippen LogP contribution is 2.22. The Balaban J connectivity index is 1.45. The minimum atomic E-state index is -0.304. The van der Waals surface area contributed by atoms with Crippen molar-refractivity contribution in [1.29, 1.82) is 0 Å². The molecule has 1 atom stereocenters. The van der Waals surface area contributed by atoms with Crippen LogP contribution in [0.2, 0.25) is 0 Å². The van der Waals surface area contributed by atoms with Gasteiger partial charge in [-0.1, -0.05) is 6.07 Å². The van der Waals surface area contributed by atoms with Crippen molar-refractivity contribution in [3.05, 3.63) is 65.7 Å². The highest BCUT2D eigenvalue weighted by Gasteiger charge is 2.30. The van der Waals surface area contributed by atoms with Crippen LogP contribution in [0.25, 0.3) is 11.3 Å². The van der Waals surface area contributed by atoms with Crippen LogP contribution in [-0.4, -0.2) is 44.8 Å². The minimum Gasteiger partial charge on any atom is -0.472 e. The van der Waals surface area contributed by atoms with Gasteiger partial charge in [0.1, 0.15) is 17.6 Å². The Kier molecular flexibility index (Phi) is 4.81. The molecular weight excluding hydrogens is 359 g/mol. The topological polar surface area (TPSA) is 60.2 Å². The number of ether oxygens (including phenoxy) is 1. The molecule has 0 bridgehead atoms. The summed E-state index contributed by atoms with van der Waals surface area (Å²) in [7, 11) is 1.74. The molecule has 1 unspecified atom stereocenters. The number of carbonyl (C=O) groups is 1. The van der Waals surface area contributed by atoms with Gasteiger partial charge in [-0.25, -0.2) is 9.37 Å². The van der Waals surface area contributed by atoms with Crippen molar-refractivity contribution < 1.29 is 13.9 Å². The van der Waals surface area contributed by atoms with Crippen molar-refractivity contribution >= 4 is 5.91 Å². The SMILES string of the molecule is Cc1cccc(OC2CCN(C(=O)c3cc(-c4ccc(F)cc4)nn3C)C2)n1. The summed E-state index contributed by atoms with van der Waals surface area (Å²) in [6.07, 6.45) is 0.673. The predicted molar refractivity (Wildman–Crippen MR) is 103 cm³/mol. The minimum absolute atomic E-state index is 0.0805. The number of carbonyl (C=O) groups excluding carboxylic acids is 1. The second-order valence-corrected chi connectivity index (χ2v) is 6.94. The lowest BCUT2D eigenvalue weighted by atomic mass is 10.1. The molecule has 0 N–H and O–H groups in total. The Labute approximate surface area is 162 Å². The molecule has 3 heterocycles. The van der Waals surface area contributed by atoms with Crippen molar-refractivity contribution in [2.24, 2.45) is 7.05 Å². The van der Waals surface area contributed by atoms with Crippen molar-refractivity contribution in [3.63, 3.8) is 0 Å². The zero-order valence-corrected chi connectivity index (χ0v) is 15.8. The summed E-state index contributed by atoms with van der Waals surface area (Å²) in [4.78, 5) is 19.1. The molecule has 28 heavy (non-hydrogen) atoms. The van der Waals surface area contributed by atoms with Gasteiger partial charge in [-0.3, -0.25) is 9.48 Å². The predicted octanol–water partition coefficient (Wildman–Crippen LogP) is 3.22. The number of halogens is 1. The fourth-order valence-corrected chi connectivity index (χ4v) is 3.35. The van der Waals surface area contributed by atoms with Crippen LogP contribution in [-0.2, 0) is 7.05 Å². The second kappa shape index (κ2) is 7.42. The van der Waals surface area contributed by atoms with Gasteiger partial charge in [0.15, 0.2) is 0 Å². The van der Waals surface area contributed by atoms with Crippen LogP contribution < -0.4 is 4.74 Å². The number of likely N-dealkylation sites (tertiary alicyclic amines) is 1. The van der Waals surface area contributed by atoms with Gasteiger partial charge < -0.3 is 9.64 Å². The maximum Gasteiger partial charge on any atom is 0.272 e. The van der Waals surface area contributed by atoms with Gasteiger partial charge in [-0.15, -0.1) is 0 Å². The fraction of sp³-hybridized carbons (Fsp3) is 0.286. The normalized spacial score (nSPS) is 16.4. The van der Waals surface area contributed by atoms with Gasteiger partial charge in [0.25, 0.3) is 5.91 Å². The average molecular weight is 380 g/mol. The highest BCUT2D eigenvalue weighted by molar-refractivity contribution is 5.94. The molecule has 6 nitrogen and oxygen atoms in total. The molecule has 3 aromatic rings. The van der Waals surface area contributed by atoms with Crippen molar-refractivity contribution in [3.8, 4) is 17.1 Å². The number of pyridine rings is 1. The van der Waals surface area contributed by atoms with E-state index in [4.69, 9.17) is 4.74 Å². The van der Waals surface area contributed by atoms with E-state index in [1.165, 1.54) is 12.1 Å². The molecule has 1 saturated heterocycles. The van der Waals surface area contributed by atoms with E-state index in [-0.39, 0.29) is 17.8 Å². The molecular formula is C21H21FN4O2. The van der Waals surface area contributed by atoms with Crippen molar-refractivity contribution in [1.82, 2.24) is 19.7 Å². The van der Waals surface area contributed by atoms with E-state index in [0.29, 0.717) is 30.4 Å². The van der Waals surface area contributed by atoms with Crippen LogP contribution in [0.5, 0.6) is 5.88 Å². The van der Waals surface area contributed by atoms with E-state index in [0.717, 1.165) is 17.7 Å². The quantitative estimate of drug-likeness (QED) is 0.697. The number of rotatable bonds is 4. The summed E-state index contributed by atoms with van der Waals surface area (Å²) in [5, 5.41) is 4.40. The molecule has 7 heteroatoms. The summed E-state index contributed by atoms with van der Waals surface area (Å²) in [6.45, 7) is 3.04. The highest BCUT2D eigenvalue weighted by atomic mass is 19.1. The molecule has 4 rings (SSSR count). The van der Waals surface area contributed by atoms with Gasteiger partial charge in [0.05, 0.1) is 12.2 Å². The third-order valence-corrected chi connectivity index (χ3v) is 4.82. The van der Waals surface area contributed by atoms with Crippen molar-refractivity contribution in [2.45, 2.75) is 19.4 Å². The van der Waals surface area contributed by atoms with Crippen LogP contribution in [0.4, 0.5) is 4.39 Å². The largest absolute Gasteiger partial charge is 0.472 e. The molecule has 2 aromatic heterocycles. The number of nitrogens with zero attached hydrogens (tertiary/aromatic N) is 4. The monoisotopic (exact) mass is 380 g/mol. The Morgan fingerprint density at radius 3 is 2.75 bits per heavy atom. The Morgan fingerprint density at radius 2 is 2.00 bits per heavy atom. The van der Waals surface area contributed by atoms with Gasteiger partial charge in [0, 0.05) is 37.3 Å². The van der Waals surface area contributed by atoms with Crippen LogP contribution >= 0.6 is 0 Å². The van der Waals surface area contributed by atoms with Gasteiger partial charge in [-0.05, 0) is 43.3 Å². The van der Waals surface area contributed by atoms with Gasteiger partial charge in [-0.2, -0.15) is 5.10 Å². The Hall–Kier alpha value is -3.22. The number of aromatic nitrogens is 3. The standard InChI is InChI=1S/C21H21FN4O2/c1-14-4-3-5-20(23-14)28-17-10-11-26(13-17)21(27)19-12-18(24-25(19)2)15-6-8-16(22)9-7-15/h3-9,12,17H,10-11,13H2,1-2H3. The molecule has 0 spiro atoms. The summed E-state index contributed by atoms with van der Waals surface area (Å²) < 4.78 is 20.6. The average Bonchev–Trinajstić information content (AvgIpc) is 3.29. The molecule has 0 radical (unpaired) electrons. The first-order valence-electron chi connectivity index (χ1n) is 9.19. The fourth-order valence-electron chi connectivity index (χ4n) is 3.35. The van der Waals surface area contributed by atoms with Gasteiger partial charge >= 0.3 is 0 Å². The van der Waals surface area contributed by atoms with E-state index >= 15 is 0 Å². The lowest BCUT2D eigenvalue weighted by Crippen LogP contribution is -2.32. The van der Waals surface area contributed by atoms with Crippen LogP contribution in [0.15, 0.2) is 48.5 Å². The lowest BCUT2D eigenvalue weighted by Gasteiger charge is -2.17. The number of aryl methyl sites for hydroxylation is 2. The summed E-state index contributed by atoms with van der Waals surface area (Å²) in [6, 6.07) is 13.5. The number of hydrogen-bond donors (Lipinski definition) is 0. The molecule has 0 aliphatic carbocycles. The van der Waals surface area contributed by atoms with Crippen LogP contribution in [0, 0.1) is 12.7 Å². The first-order valence-corrected chi connectivity index (χ1v) is 9.19. The van der Waals surface area contributed by atoms with Crippen LogP contribution in [0.3, 0.4) is 0 Å². The Bertz CT molecular complexity index is 1000. The smallest absolute Gasteiger partial charge is 0.272 e. The van der Waals surface area contributed by atoms with Crippen molar-refractivity contribution in [2.75, 3.05) is 13.1 Å². The molecule has 144 valence electrons. The summed E-state index contributed by atoms with van der Waals surface area (Å²) in [5.74, 6) is 0.187. The zero-order chi connectivity index (χ0) is 19.7. The molecule has 1 aliphatic heterocycles. The molecule has 1 fully saturated rings. The first-order chi connectivity index (χ1) is 13.5. The summed E-state index contributed by atoms with van der Waals surface area (Å²) >= 11 is 0. The lowest BCUT2D eigenvalue weighted by molar-refractivity contribution is 0.0760. The third kappa shape index (κ3) is 3.74. The maximum absolute atomic E-state index is 13.1. The number of benzene rings is 1. The van der Waals surface area contributed by atoms with Crippen LogP contribution in [0.1, 0.15) is 22.6 Å². The molecule has 1 amide bonds. The zero-order valence-electron chi connectivity index (χ0n) is 15.8. The first kappa shape index (κ1) is 18.2. The summed E-state index contributed by atoms with van der Waals surface area (Å²) in [5.41, 5.74) is 2.80. The van der Waals surface area contributed by atoms with E-state index < -0.39 is 0 Å². The molecule has 1 aromatic carbocycles. The maximum atomic E-state index is 13.1. The molecule has 0 saturated carbocycles. The second-order valence-electron chi connectivity index (χ2n) is 6.94. The molecule has 1 aliphatic rings. The van der Waals surface area contributed by atoms with Gasteiger partial charge in [0.2, 0.25) is 5.88 Å². The third-order valence-electron chi connectivity index (χ3n) is 4.82.